The van der Waals surface area contributed by atoms with Crippen molar-refractivity contribution < 1.29 is 40.0 Å². The lowest BCUT2D eigenvalue weighted by Crippen LogP contribution is -2.59. The molecule has 9 heteroatoms. The van der Waals surface area contributed by atoms with E-state index < -0.39 is 37.3 Å². The summed E-state index contributed by atoms with van der Waals surface area (Å²) in [6.45, 7) is 1.43. The summed E-state index contributed by atoms with van der Waals surface area (Å²) in [4.78, 5) is 3.96. The average Bonchev–Trinajstić information content (AvgIpc) is 2.53. The number of ether oxygens (including phenoxy) is 2. The quantitative estimate of drug-likeness (QED) is 0.145. The van der Waals surface area contributed by atoms with Crippen LogP contribution in [-0.2, 0) is 14.4 Å². The molecule has 22 heavy (non-hydrogen) atoms. The zero-order valence-corrected chi connectivity index (χ0v) is 12.5. The molecule has 9 nitrogen and oxygen atoms in total. The molecule has 1 saturated heterocycles. The van der Waals surface area contributed by atoms with E-state index >= 15 is 0 Å². The van der Waals surface area contributed by atoms with Gasteiger partial charge in [-0.05, 0) is 25.8 Å². The van der Waals surface area contributed by atoms with Gasteiger partial charge >= 0.3 is 0 Å². The van der Waals surface area contributed by atoms with Crippen molar-refractivity contribution in [3.63, 3.8) is 0 Å². The van der Waals surface area contributed by atoms with Crippen molar-refractivity contribution in [1.82, 2.24) is 5.32 Å². The van der Waals surface area contributed by atoms with Gasteiger partial charge in [0.15, 0.2) is 6.29 Å². The van der Waals surface area contributed by atoms with Gasteiger partial charge in [0.1, 0.15) is 24.4 Å². The van der Waals surface area contributed by atoms with E-state index in [1.165, 1.54) is 0 Å². The first kappa shape index (κ1) is 19.7. The van der Waals surface area contributed by atoms with Crippen molar-refractivity contribution in [3.05, 3.63) is 0 Å². The summed E-state index contributed by atoms with van der Waals surface area (Å²) in [7, 11) is 0. The Labute approximate surface area is 129 Å². The Kier molecular flexibility index (Phi) is 10.0. The van der Waals surface area contributed by atoms with Crippen molar-refractivity contribution in [2.24, 2.45) is 0 Å². The highest BCUT2D eigenvalue weighted by Crippen LogP contribution is 2.21. The molecule has 132 valence electrons. The Morgan fingerprint density at radius 3 is 2.36 bits per heavy atom. The summed E-state index contributed by atoms with van der Waals surface area (Å²) in [5, 5.41) is 49.3. The third-order valence-electron chi connectivity index (χ3n) is 3.50. The van der Waals surface area contributed by atoms with Crippen molar-refractivity contribution in [2.75, 3.05) is 32.9 Å². The molecule has 1 aliphatic rings. The van der Waals surface area contributed by atoms with E-state index in [1.807, 2.05) is 0 Å². The summed E-state index contributed by atoms with van der Waals surface area (Å²) >= 11 is 0. The third kappa shape index (κ3) is 6.41. The maximum atomic E-state index is 9.75. The molecule has 6 N–H and O–H groups in total. The van der Waals surface area contributed by atoms with Gasteiger partial charge in [-0.2, -0.15) is 0 Å². The normalized spacial score (nSPS) is 32.3. The van der Waals surface area contributed by atoms with E-state index in [0.29, 0.717) is 13.2 Å². The Morgan fingerprint density at radius 1 is 0.909 bits per heavy atom. The highest BCUT2D eigenvalue weighted by atomic mass is 17.1. The van der Waals surface area contributed by atoms with Gasteiger partial charge in [-0.15, -0.1) is 0 Å². The lowest BCUT2D eigenvalue weighted by atomic mass is 9.99. The molecule has 1 rings (SSSR count). The highest BCUT2D eigenvalue weighted by molar-refractivity contribution is 4.88. The van der Waals surface area contributed by atoms with Crippen molar-refractivity contribution in [1.29, 1.82) is 0 Å². The van der Waals surface area contributed by atoms with Crippen LogP contribution in [0.2, 0.25) is 0 Å². The maximum Gasteiger partial charge on any atom is 0.186 e. The van der Waals surface area contributed by atoms with Crippen LogP contribution in [0.25, 0.3) is 0 Å². The lowest BCUT2D eigenvalue weighted by molar-refractivity contribution is -0.300. The maximum absolute atomic E-state index is 9.75. The Bertz CT molecular complexity index is 281. The topological polar surface area (TPSA) is 141 Å². The van der Waals surface area contributed by atoms with Crippen LogP contribution < -0.4 is 5.32 Å². The molecule has 5 atom stereocenters. The first-order chi connectivity index (χ1) is 10.6. The lowest BCUT2D eigenvalue weighted by Gasteiger charge is -2.39. The van der Waals surface area contributed by atoms with Crippen LogP contribution in [0.3, 0.4) is 0 Å². The Balaban J connectivity index is 2.11. The minimum atomic E-state index is -1.42. The first-order valence-electron chi connectivity index (χ1n) is 7.51. The molecular weight excluding hydrogens is 298 g/mol. The second-order valence-corrected chi connectivity index (χ2v) is 5.21. The predicted octanol–water partition coefficient (Wildman–Crippen LogP) is -1.95. The summed E-state index contributed by atoms with van der Waals surface area (Å²) < 4.78 is 10.5. The molecule has 0 aromatic rings. The largest absolute Gasteiger partial charge is 0.394 e. The molecule has 0 bridgehead atoms. The van der Waals surface area contributed by atoms with Crippen molar-refractivity contribution >= 4 is 0 Å². The molecule has 0 aliphatic carbocycles. The fourth-order valence-corrected chi connectivity index (χ4v) is 2.17. The Hall–Kier alpha value is -0.360. The molecule has 0 radical (unpaired) electrons. The zero-order chi connectivity index (χ0) is 16.4. The van der Waals surface area contributed by atoms with Gasteiger partial charge < -0.3 is 35.2 Å². The van der Waals surface area contributed by atoms with E-state index in [0.717, 1.165) is 25.8 Å². The first-order valence-corrected chi connectivity index (χ1v) is 7.51. The number of hydrogen-bond donors (Lipinski definition) is 6. The van der Waals surface area contributed by atoms with Gasteiger partial charge in [-0.25, -0.2) is 4.89 Å². The molecule has 0 unspecified atom stereocenters. The summed E-state index contributed by atoms with van der Waals surface area (Å²) in [6.07, 6.45) is -3.54. The molecule has 0 amide bonds. The number of aliphatic hydroxyl groups excluding tert-OH is 4. The van der Waals surface area contributed by atoms with Crippen LogP contribution in [0.5, 0.6) is 0 Å². The Morgan fingerprint density at radius 2 is 1.68 bits per heavy atom. The highest BCUT2D eigenvalue weighted by Gasteiger charge is 2.43. The van der Waals surface area contributed by atoms with E-state index in [4.69, 9.17) is 19.8 Å². The molecule has 1 fully saturated rings. The van der Waals surface area contributed by atoms with E-state index in [-0.39, 0.29) is 6.61 Å². The third-order valence-corrected chi connectivity index (χ3v) is 3.50. The van der Waals surface area contributed by atoms with Crippen LogP contribution in [-0.4, -0.2) is 89.3 Å². The minimum absolute atomic E-state index is 0.252. The van der Waals surface area contributed by atoms with E-state index in [2.05, 4.69) is 10.2 Å². The second kappa shape index (κ2) is 11.2. The van der Waals surface area contributed by atoms with Crippen molar-refractivity contribution in [2.45, 2.75) is 50.0 Å². The van der Waals surface area contributed by atoms with Crippen molar-refractivity contribution in [3.8, 4) is 0 Å². The fraction of sp³-hybridized carbons (Fsp3) is 1.00. The molecule has 0 spiro atoms. The number of aliphatic hydroxyl groups is 4. The molecule has 0 saturated carbocycles. The molecule has 1 heterocycles. The smallest absolute Gasteiger partial charge is 0.186 e. The van der Waals surface area contributed by atoms with Gasteiger partial charge in [0.2, 0.25) is 0 Å². The fourth-order valence-electron chi connectivity index (χ4n) is 2.17. The number of hydrogen-bond acceptors (Lipinski definition) is 9. The number of unbranched alkanes of at least 4 members (excludes halogenated alkanes) is 2. The molecule has 1 aliphatic heterocycles. The van der Waals surface area contributed by atoms with Crippen LogP contribution >= 0.6 is 0 Å². The molecule has 0 aromatic heterocycles. The van der Waals surface area contributed by atoms with E-state index in [9.17, 15) is 15.3 Å². The average molecular weight is 325 g/mol. The van der Waals surface area contributed by atoms with Gasteiger partial charge in [-0.1, -0.05) is 0 Å². The minimum Gasteiger partial charge on any atom is -0.394 e. The van der Waals surface area contributed by atoms with Crippen LogP contribution in [0, 0.1) is 0 Å². The SMILES string of the molecule is OC[C@H]1O[C@H](OCCNCCCCCOO)[C@@H](O)[C@@H](O)[C@@H]1O. The predicted molar refractivity (Wildman–Crippen MR) is 75.0 cm³/mol. The van der Waals surface area contributed by atoms with Crippen LogP contribution in [0.1, 0.15) is 19.3 Å². The van der Waals surface area contributed by atoms with Gasteiger partial charge in [0, 0.05) is 6.54 Å². The van der Waals surface area contributed by atoms with Gasteiger partial charge in [0.05, 0.1) is 19.8 Å². The van der Waals surface area contributed by atoms with Gasteiger partial charge in [0.25, 0.3) is 0 Å². The summed E-state index contributed by atoms with van der Waals surface area (Å²) in [6, 6.07) is 0. The van der Waals surface area contributed by atoms with E-state index in [1.54, 1.807) is 0 Å². The van der Waals surface area contributed by atoms with Crippen LogP contribution in [0.4, 0.5) is 0 Å². The van der Waals surface area contributed by atoms with Gasteiger partial charge in [-0.3, -0.25) is 5.26 Å². The summed E-state index contributed by atoms with van der Waals surface area (Å²) in [5.41, 5.74) is 0. The second-order valence-electron chi connectivity index (χ2n) is 5.21. The number of rotatable bonds is 11. The van der Waals surface area contributed by atoms with Crippen LogP contribution in [0.15, 0.2) is 0 Å². The summed E-state index contributed by atoms with van der Waals surface area (Å²) in [5.74, 6) is 0. The standard InChI is InChI=1S/C13H27NO8/c15-8-9-10(16)11(17)12(18)13(22-9)20-7-5-14-4-2-1-3-6-21-19/h9-19H,1-8H2/t9-,10-,11+,12+,13+/m1/s1. The monoisotopic (exact) mass is 325 g/mol. The number of nitrogens with one attached hydrogen (secondary N) is 1. The molecule has 0 aromatic carbocycles. The zero-order valence-electron chi connectivity index (χ0n) is 12.5. The molecular formula is C13H27NO8.